The average molecular weight is 326 g/mol. The lowest BCUT2D eigenvalue weighted by molar-refractivity contribution is 0.612. The van der Waals surface area contributed by atoms with E-state index in [0.717, 1.165) is 18.8 Å². The monoisotopic (exact) mass is 326 g/mol. The van der Waals surface area contributed by atoms with Crippen LogP contribution in [0.5, 0.6) is 0 Å². The number of nitrogens with zero attached hydrogens (tertiary/aromatic N) is 5. The zero-order valence-electron chi connectivity index (χ0n) is 14.4. The molecule has 0 saturated heterocycles. The molecule has 0 unspecified atom stereocenters. The highest BCUT2D eigenvalue weighted by atomic mass is 15.3. The van der Waals surface area contributed by atoms with E-state index in [1.54, 1.807) is 6.20 Å². The minimum absolute atomic E-state index is 0.478. The van der Waals surface area contributed by atoms with E-state index >= 15 is 0 Å². The Balaban J connectivity index is 1.57. The molecule has 0 amide bonds. The molecule has 1 aliphatic rings. The van der Waals surface area contributed by atoms with Crippen LogP contribution in [0.4, 0.5) is 11.8 Å². The molecule has 128 valence electrons. The Morgan fingerprint density at radius 1 is 1.12 bits per heavy atom. The number of hydrogen-bond acceptors (Lipinski definition) is 6. The lowest BCUT2D eigenvalue weighted by Gasteiger charge is -2.20. The molecule has 0 aliphatic heterocycles. The molecule has 0 atom stereocenters. The summed E-state index contributed by atoms with van der Waals surface area (Å²) < 4.78 is 0. The number of pyridine rings is 1. The third-order valence-corrected chi connectivity index (χ3v) is 4.61. The highest BCUT2D eigenvalue weighted by molar-refractivity contribution is 5.40. The number of hydrogen-bond donors (Lipinski definition) is 1. The van der Waals surface area contributed by atoms with E-state index in [9.17, 15) is 0 Å². The highest BCUT2D eigenvalue weighted by Crippen LogP contribution is 2.20. The van der Waals surface area contributed by atoms with Gasteiger partial charge in [-0.05, 0) is 37.0 Å². The van der Waals surface area contributed by atoms with Gasteiger partial charge < -0.3 is 10.2 Å². The van der Waals surface area contributed by atoms with Gasteiger partial charge in [-0.2, -0.15) is 10.1 Å². The summed E-state index contributed by atoms with van der Waals surface area (Å²) in [4.78, 5) is 10.8. The Labute approximate surface area is 143 Å². The molecule has 24 heavy (non-hydrogen) atoms. The fourth-order valence-corrected chi connectivity index (χ4v) is 3.11. The largest absolute Gasteiger partial charge is 0.358 e. The van der Waals surface area contributed by atoms with Crippen LogP contribution < -0.4 is 10.2 Å². The zero-order valence-corrected chi connectivity index (χ0v) is 14.4. The van der Waals surface area contributed by atoms with Crippen LogP contribution in [0.15, 0.2) is 30.7 Å². The Hall–Kier alpha value is -2.24. The number of aromatic nitrogens is 4. The molecular formula is C18H26N6. The second kappa shape index (κ2) is 8.57. The van der Waals surface area contributed by atoms with Crippen molar-refractivity contribution in [2.75, 3.05) is 23.8 Å². The zero-order chi connectivity index (χ0) is 16.6. The van der Waals surface area contributed by atoms with Gasteiger partial charge in [0.1, 0.15) is 0 Å². The van der Waals surface area contributed by atoms with Gasteiger partial charge in [-0.1, -0.05) is 25.7 Å². The van der Waals surface area contributed by atoms with Crippen molar-refractivity contribution in [1.82, 2.24) is 20.2 Å². The third kappa shape index (κ3) is 4.88. The summed E-state index contributed by atoms with van der Waals surface area (Å²) >= 11 is 0. The molecule has 6 heteroatoms. The molecule has 0 bridgehead atoms. The highest BCUT2D eigenvalue weighted by Gasteiger charge is 2.14. The Morgan fingerprint density at radius 3 is 2.62 bits per heavy atom. The van der Waals surface area contributed by atoms with E-state index in [0.29, 0.717) is 12.0 Å². The van der Waals surface area contributed by atoms with Crippen molar-refractivity contribution in [2.24, 2.45) is 0 Å². The molecule has 6 nitrogen and oxygen atoms in total. The van der Waals surface area contributed by atoms with Crippen molar-refractivity contribution in [3.8, 4) is 0 Å². The predicted molar refractivity (Wildman–Crippen MR) is 96.2 cm³/mol. The summed E-state index contributed by atoms with van der Waals surface area (Å²) in [7, 11) is 2.04. The lowest BCUT2D eigenvalue weighted by Crippen LogP contribution is -2.24. The standard InChI is InChI=1S/C18H26N6/c1-24(13-10-15-8-11-19-12-9-15)17-14-20-23-18(22-17)21-16-6-4-2-3-5-7-16/h8-9,11-12,14,16H,2-7,10,13H2,1H3,(H,21,22,23). The lowest BCUT2D eigenvalue weighted by atomic mass is 10.1. The second-order valence-corrected chi connectivity index (χ2v) is 6.50. The van der Waals surface area contributed by atoms with E-state index in [1.807, 2.05) is 31.6 Å². The van der Waals surface area contributed by atoms with Gasteiger partial charge >= 0.3 is 0 Å². The summed E-state index contributed by atoms with van der Waals surface area (Å²) in [5.74, 6) is 1.50. The maximum absolute atomic E-state index is 4.64. The topological polar surface area (TPSA) is 66.8 Å². The molecule has 2 aromatic rings. The minimum Gasteiger partial charge on any atom is -0.358 e. The number of rotatable bonds is 6. The molecule has 2 aromatic heterocycles. The molecule has 1 aliphatic carbocycles. The second-order valence-electron chi connectivity index (χ2n) is 6.50. The molecule has 1 fully saturated rings. The van der Waals surface area contributed by atoms with Crippen molar-refractivity contribution in [3.63, 3.8) is 0 Å². The van der Waals surface area contributed by atoms with Gasteiger partial charge in [0, 0.05) is 32.0 Å². The first-order valence-electron chi connectivity index (χ1n) is 8.87. The molecule has 0 aromatic carbocycles. The van der Waals surface area contributed by atoms with Crippen LogP contribution in [-0.2, 0) is 6.42 Å². The van der Waals surface area contributed by atoms with Gasteiger partial charge in [-0.3, -0.25) is 4.98 Å². The molecular weight excluding hydrogens is 300 g/mol. The molecule has 3 rings (SSSR count). The maximum Gasteiger partial charge on any atom is 0.244 e. The predicted octanol–water partition coefficient (Wildman–Crippen LogP) is 3.08. The summed E-state index contributed by atoms with van der Waals surface area (Å²) in [6, 6.07) is 4.57. The van der Waals surface area contributed by atoms with E-state index < -0.39 is 0 Å². The van der Waals surface area contributed by atoms with Crippen LogP contribution in [0.1, 0.15) is 44.1 Å². The van der Waals surface area contributed by atoms with E-state index in [2.05, 4.69) is 30.4 Å². The first-order valence-corrected chi connectivity index (χ1v) is 8.87. The van der Waals surface area contributed by atoms with Crippen molar-refractivity contribution in [1.29, 1.82) is 0 Å². The fraction of sp³-hybridized carbons (Fsp3) is 0.556. The van der Waals surface area contributed by atoms with Gasteiger partial charge in [0.05, 0.1) is 6.20 Å². The van der Waals surface area contributed by atoms with Crippen LogP contribution in [0.25, 0.3) is 0 Å². The van der Waals surface area contributed by atoms with Crippen molar-refractivity contribution in [3.05, 3.63) is 36.3 Å². The Kier molecular flexibility index (Phi) is 5.93. The number of nitrogens with one attached hydrogen (secondary N) is 1. The minimum atomic E-state index is 0.478. The smallest absolute Gasteiger partial charge is 0.244 e. The first-order chi connectivity index (χ1) is 11.8. The third-order valence-electron chi connectivity index (χ3n) is 4.61. The molecule has 2 heterocycles. The van der Waals surface area contributed by atoms with Crippen LogP contribution >= 0.6 is 0 Å². The van der Waals surface area contributed by atoms with Gasteiger partial charge in [-0.15, -0.1) is 5.10 Å². The quantitative estimate of drug-likeness (QED) is 0.823. The van der Waals surface area contributed by atoms with Gasteiger partial charge in [0.25, 0.3) is 0 Å². The fourth-order valence-electron chi connectivity index (χ4n) is 3.11. The van der Waals surface area contributed by atoms with Gasteiger partial charge in [0.15, 0.2) is 5.82 Å². The summed E-state index contributed by atoms with van der Waals surface area (Å²) in [5.41, 5.74) is 1.27. The SMILES string of the molecule is CN(CCc1ccncc1)c1cnnc(NC2CCCCCC2)n1. The Bertz CT molecular complexity index is 610. The Morgan fingerprint density at radius 2 is 1.88 bits per heavy atom. The van der Waals surface area contributed by atoms with Gasteiger partial charge in [0.2, 0.25) is 5.95 Å². The molecule has 0 spiro atoms. The van der Waals surface area contributed by atoms with Crippen LogP contribution in [0.3, 0.4) is 0 Å². The van der Waals surface area contributed by atoms with Crippen LogP contribution in [0.2, 0.25) is 0 Å². The average Bonchev–Trinajstić information content (AvgIpc) is 2.89. The van der Waals surface area contributed by atoms with E-state index in [4.69, 9.17) is 0 Å². The molecule has 1 N–H and O–H groups in total. The summed E-state index contributed by atoms with van der Waals surface area (Å²) in [6.45, 7) is 0.881. The van der Waals surface area contributed by atoms with Crippen molar-refractivity contribution < 1.29 is 0 Å². The van der Waals surface area contributed by atoms with Crippen LogP contribution in [0, 0.1) is 0 Å². The molecule has 0 radical (unpaired) electrons. The maximum atomic E-state index is 4.64. The van der Waals surface area contributed by atoms with Crippen molar-refractivity contribution >= 4 is 11.8 Å². The van der Waals surface area contributed by atoms with Gasteiger partial charge in [-0.25, -0.2) is 0 Å². The van der Waals surface area contributed by atoms with E-state index in [-0.39, 0.29) is 0 Å². The van der Waals surface area contributed by atoms with Crippen LogP contribution in [-0.4, -0.2) is 39.8 Å². The normalized spacial score (nSPS) is 15.7. The summed E-state index contributed by atoms with van der Waals surface area (Å²) in [6.07, 6.45) is 14.0. The molecule has 1 saturated carbocycles. The van der Waals surface area contributed by atoms with Crippen molar-refractivity contribution in [2.45, 2.75) is 51.0 Å². The number of likely N-dealkylation sites (N-methyl/N-ethyl adjacent to an activating group) is 1. The first kappa shape index (κ1) is 16.6. The summed E-state index contributed by atoms with van der Waals surface area (Å²) in [5, 5.41) is 11.8. The number of anilines is 2. The van der Waals surface area contributed by atoms with E-state index in [1.165, 1.54) is 44.1 Å².